The van der Waals surface area contributed by atoms with Crippen molar-refractivity contribution in [1.82, 2.24) is 5.32 Å². The average Bonchev–Trinajstić information content (AvgIpc) is 2.53. The van der Waals surface area contributed by atoms with E-state index in [4.69, 9.17) is 4.74 Å². The van der Waals surface area contributed by atoms with Gasteiger partial charge < -0.3 is 15.2 Å². The fraction of sp³-hybridized carbons (Fsp3) is 0.611. The number of aliphatic hydroxyl groups is 1. The van der Waals surface area contributed by atoms with E-state index < -0.39 is 0 Å². The van der Waals surface area contributed by atoms with Crippen molar-refractivity contribution in [3.63, 3.8) is 0 Å². The monoisotopic (exact) mass is 305 g/mol. The number of benzene rings is 1. The van der Waals surface area contributed by atoms with Crippen molar-refractivity contribution in [3.8, 4) is 5.75 Å². The summed E-state index contributed by atoms with van der Waals surface area (Å²) in [5, 5.41) is 12.5. The van der Waals surface area contributed by atoms with E-state index in [2.05, 4.69) is 12.2 Å². The molecule has 1 amide bonds. The van der Waals surface area contributed by atoms with Crippen LogP contribution in [0.2, 0.25) is 0 Å². The molecule has 1 aliphatic carbocycles. The smallest absolute Gasteiger partial charge is 0.224 e. The molecule has 0 aromatic heterocycles. The maximum atomic E-state index is 12.2. The van der Waals surface area contributed by atoms with Crippen molar-refractivity contribution in [2.45, 2.75) is 51.5 Å². The van der Waals surface area contributed by atoms with Gasteiger partial charge in [-0.2, -0.15) is 0 Å². The lowest BCUT2D eigenvalue weighted by Crippen LogP contribution is -2.44. The highest BCUT2D eigenvalue weighted by atomic mass is 16.5. The van der Waals surface area contributed by atoms with E-state index >= 15 is 0 Å². The fourth-order valence-corrected chi connectivity index (χ4v) is 3.02. The number of hydrogen-bond donors (Lipinski definition) is 2. The molecule has 1 fully saturated rings. The lowest BCUT2D eigenvalue weighted by atomic mass is 9.85. The summed E-state index contributed by atoms with van der Waals surface area (Å²) < 4.78 is 5.60. The molecule has 122 valence electrons. The quantitative estimate of drug-likeness (QED) is 0.814. The number of hydrogen-bond acceptors (Lipinski definition) is 3. The van der Waals surface area contributed by atoms with Crippen LogP contribution in [0.5, 0.6) is 5.75 Å². The molecule has 1 aliphatic rings. The molecular weight excluding hydrogens is 278 g/mol. The Morgan fingerprint density at radius 2 is 2.18 bits per heavy atom. The predicted octanol–water partition coefficient (Wildman–Crippen LogP) is 2.69. The van der Waals surface area contributed by atoms with E-state index in [9.17, 15) is 9.90 Å². The Balaban J connectivity index is 1.88. The van der Waals surface area contributed by atoms with E-state index in [1.54, 1.807) is 0 Å². The largest absolute Gasteiger partial charge is 0.494 e. The number of carbonyl (C=O) groups excluding carboxylic acids is 1. The van der Waals surface area contributed by atoms with Gasteiger partial charge in [0.05, 0.1) is 13.0 Å². The molecule has 2 rings (SSSR count). The normalized spacial score (nSPS) is 21.4. The number of carbonyl (C=O) groups is 1. The first-order valence-electron chi connectivity index (χ1n) is 8.35. The van der Waals surface area contributed by atoms with E-state index in [-0.39, 0.29) is 24.5 Å². The molecule has 0 aliphatic heterocycles. The summed E-state index contributed by atoms with van der Waals surface area (Å²) >= 11 is 0. The van der Waals surface area contributed by atoms with Gasteiger partial charge in [0, 0.05) is 18.6 Å². The molecule has 1 aromatic carbocycles. The summed E-state index contributed by atoms with van der Waals surface area (Å²) in [7, 11) is 0. The number of rotatable bonds is 7. The summed E-state index contributed by atoms with van der Waals surface area (Å²) in [5.41, 5.74) is 0.961. The van der Waals surface area contributed by atoms with Gasteiger partial charge in [0.1, 0.15) is 5.75 Å². The van der Waals surface area contributed by atoms with Gasteiger partial charge in [0.15, 0.2) is 0 Å². The highest BCUT2D eigenvalue weighted by Gasteiger charge is 2.25. The Hall–Kier alpha value is -1.55. The average molecular weight is 305 g/mol. The molecule has 22 heavy (non-hydrogen) atoms. The van der Waals surface area contributed by atoms with Crippen LogP contribution in [0.4, 0.5) is 0 Å². The van der Waals surface area contributed by atoms with Gasteiger partial charge in [0.2, 0.25) is 5.91 Å². The van der Waals surface area contributed by atoms with Crippen LogP contribution in [-0.4, -0.2) is 30.3 Å². The molecule has 1 aromatic rings. The van der Waals surface area contributed by atoms with Gasteiger partial charge in [-0.25, -0.2) is 0 Å². The number of ether oxygens (including phenoxy) is 1. The standard InChI is InChI=1S/C18H27NO3/c1-2-10-22-16-8-5-6-14(11-16)12-18(21)19-17-9-4-3-7-15(17)13-20/h5-6,8,11,15,17,20H,2-4,7,9-10,12-13H2,1H3,(H,19,21). The van der Waals surface area contributed by atoms with Crippen molar-refractivity contribution in [3.05, 3.63) is 29.8 Å². The minimum absolute atomic E-state index is 0.0259. The van der Waals surface area contributed by atoms with E-state index in [0.717, 1.165) is 43.4 Å². The minimum Gasteiger partial charge on any atom is -0.494 e. The number of aliphatic hydroxyl groups excluding tert-OH is 1. The van der Waals surface area contributed by atoms with Crippen molar-refractivity contribution >= 4 is 5.91 Å². The van der Waals surface area contributed by atoms with E-state index in [1.807, 2.05) is 24.3 Å². The van der Waals surface area contributed by atoms with Gasteiger partial charge in [-0.15, -0.1) is 0 Å². The van der Waals surface area contributed by atoms with Crippen molar-refractivity contribution in [1.29, 1.82) is 0 Å². The van der Waals surface area contributed by atoms with Crippen LogP contribution >= 0.6 is 0 Å². The summed E-state index contributed by atoms with van der Waals surface area (Å²) in [6.45, 7) is 2.92. The van der Waals surface area contributed by atoms with Gasteiger partial charge in [-0.3, -0.25) is 4.79 Å². The Labute approximate surface area is 132 Å². The summed E-state index contributed by atoms with van der Waals surface area (Å²) in [6, 6.07) is 7.83. The first-order valence-corrected chi connectivity index (χ1v) is 8.35. The third-order valence-electron chi connectivity index (χ3n) is 4.23. The third kappa shape index (κ3) is 5.02. The molecule has 2 N–H and O–H groups in total. The van der Waals surface area contributed by atoms with Crippen molar-refractivity contribution in [2.24, 2.45) is 5.92 Å². The molecule has 0 bridgehead atoms. The molecule has 2 unspecified atom stereocenters. The molecule has 0 heterocycles. The molecular formula is C18H27NO3. The van der Waals surface area contributed by atoms with Crippen molar-refractivity contribution in [2.75, 3.05) is 13.2 Å². The Bertz CT molecular complexity index is 475. The maximum absolute atomic E-state index is 12.2. The zero-order chi connectivity index (χ0) is 15.8. The van der Waals surface area contributed by atoms with Crippen molar-refractivity contribution < 1.29 is 14.6 Å². The SMILES string of the molecule is CCCOc1cccc(CC(=O)NC2CCCCC2CO)c1. The zero-order valence-electron chi connectivity index (χ0n) is 13.4. The van der Waals surface area contributed by atoms with Gasteiger partial charge in [-0.05, 0) is 37.0 Å². The van der Waals surface area contributed by atoms with E-state index in [1.165, 1.54) is 0 Å². The van der Waals surface area contributed by atoms with Gasteiger partial charge in [0.25, 0.3) is 0 Å². The zero-order valence-corrected chi connectivity index (χ0v) is 13.4. The summed E-state index contributed by atoms with van der Waals surface area (Å²) in [6.07, 6.45) is 5.57. The van der Waals surface area contributed by atoms with Crippen LogP contribution in [-0.2, 0) is 11.2 Å². The van der Waals surface area contributed by atoms with Crippen LogP contribution in [0.15, 0.2) is 24.3 Å². The minimum atomic E-state index is 0.0259. The highest BCUT2D eigenvalue weighted by molar-refractivity contribution is 5.79. The molecule has 0 radical (unpaired) electrons. The fourth-order valence-electron chi connectivity index (χ4n) is 3.02. The van der Waals surface area contributed by atoms with Gasteiger partial charge >= 0.3 is 0 Å². The molecule has 0 saturated heterocycles. The molecule has 0 spiro atoms. The second-order valence-corrected chi connectivity index (χ2v) is 6.07. The van der Waals surface area contributed by atoms with Crippen LogP contribution in [0.1, 0.15) is 44.6 Å². The third-order valence-corrected chi connectivity index (χ3v) is 4.23. The molecule has 4 heteroatoms. The number of nitrogens with one attached hydrogen (secondary N) is 1. The molecule has 1 saturated carbocycles. The Kier molecular flexibility index (Phi) is 6.72. The second-order valence-electron chi connectivity index (χ2n) is 6.07. The van der Waals surface area contributed by atoms with Crippen LogP contribution in [0.3, 0.4) is 0 Å². The lowest BCUT2D eigenvalue weighted by molar-refractivity contribution is -0.121. The lowest BCUT2D eigenvalue weighted by Gasteiger charge is -2.30. The van der Waals surface area contributed by atoms with Crippen LogP contribution < -0.4 is 10.1 Å². The van der Waals surface area contributed by atoms with Gasteiger partial charge in [-0.1, -0.05) is 31.9 Å². The molecule has 2 atom stereocenters. The Morgan fingerprint density at radius 3 is 2.95 bits per heavy atom. The topological polar surface area (TPSA) is 58.6 Å². The second kappa shape index (κ2) is 8.79. The van der Waals surface area contributed by atoms with Crippen LogP contribution in [0, 0.1) is 5.92 Å². The first kappa shape index (κ1) is 16.8. The first-order chi connectivity index (χ1) is 10.7. The Morgan fingerprint density at radius 1 is 1.36 bits per heavy atom. The maximum Gasteiger partial charge on any atom is 0.224 e. The van der Waals surface area contributed by atoms with E-state index in [0.29, 0.717) is 13.0 Å². The predicted molar refractivity (Wildman–Crippen MR) is 86.9 cm³/mol. The summed E-state index contributed by atoms with van der Waals surface area (Å²) in [4.78, 5) is 12.2. The molecule has 4 nitrogen and oxygen atoms in total. The summed E-state index contributed by atoms with van der Waals surface area (Å²) in [5.74, 6) is 1.05. The number of amides is 1. The van der Waals surface area contributed by atoms with Crippen LogP contribution in [0.25, 0.3) is 0 Å². The highest BCUT2D eigenvalue weighted by Crippen LogP contribution is 2.24.